The number of benzene rings is 1. The summed E-state index contributed by atoms with van der Waals surface area (Å²) >= 11 is 0. The van der Waals surface area contributed by atoms with Gasteiger partial charge in [0.05, 0.1) is 13.2 Å². The van der Waals surface area contributed by atoms with Crippen LogP contribution in [-0.4, -0.2) is 17.1 Å². The Labute approximate surface area is 107 Å². The Balaban J connectivity index is 2.49. The molecular formula is C14H17N3O. The summed E-state index contributed by atoms with van der Waals surface area (Å²) in [6.07, 6.45) is 3.38. The zero-order chi connectivity index (χ0) is 13.1. The Morgan fingerprint density at radius 2 is 1.83 bits per heavy atom. The minimum Gasteiger partial charge on any atom is -0.496 e. The van der Waals surface area contributed by atoms with Crippen LogP contribution in [0, 0.1) is 13.8 Å². The molecule has 0 saturated heterocycles. The molecule has 0 fully saturated rings. The highest BCUT2D eigenvalue weighted by atomic mass is 16.5. The van der Waals surface area contributed by atoms with E-state index >= 15 is 0 Å². The molecule has 0 radical (unpaired) electrons. The minimum atomic E-state index is -0.375. The second-order valence-corrected chi connectivity index (χ2v) is 4.21. The molecule has 2 aromatic rings. The van der Waals surface area contributed by atoms with Crippen molar-refractivity contribution in [3.63, 3.8) is 0 Å². The van der Waals surface area contributed by atoms with Gasteiger partial charge in [-0.2, -0.15) is 0 Å². The van der Waals surface area contributed by atoms with Crippen molar-refractivity contribution in [1.82, 2.24) is 9.97 Å². The average Bonchev–Trinajstić information content (AvgIpc) is 2.42. The molecule has 1 unspecified atom stereocenters. The molecule has 1 atom stereocenters. The van der Waals surface area contributed by atoms with Crippen LogP contribution in [0.1, 0.15) is 28.6 Å². The summed E-state index contributed by atoms with van der Waals surface area (Å²) in [6, 6.07) is 5.41. The Morgan fingerprint density at radius 1 is 1.17 bits per heavy atom. The summed E-state index contributed by atoms with van der Waals surface area (Å²) in [7, 11) is 1.66. The molecule has 1 aromatic heterocycles. The quantitative estimate of drug-likeness (QED) is 0.897. The normalized spacial score (nSPS) is 12.2. The van der Waals surface area contributed by atoms with Crippen molar-refractivity contribution in [1.29, 1.82) is 0 Å². The fourth-order valence-corrected chi connectivity index (χ4v) is 1.94. The second-order valence-electron chi connectivity index (χ2n) is 4.21. The first kappa shape index (κ1) is 12.5. The third kappa shape index (κ3) is 2.19. The molecule has 0 saturated carbocycles. The first-order valence-corrected chi connectivity index (χ1v) is 5.81. The van der Waals surface area contributed by atoms with Crippen LogP contribution in [0.5, 0.6) is 5.75 Å². The van der Waals surface area contributed by atoms with Crippen LogP contribution in [-0.2, 0) is 0 Å². The zero-order valence-electron chi connectivity index (χ0n) is 10.8. The SMILES string of the molecule is COc1c(C(N)c2ncccn2)ccc(C)c1C. The molecule has 1 aromatic carbocycles. The van der Waals surface area contributed by atoms with Gasteiger partial charge in [0.15, 0.2) is 0 Å². The van der Waals surface area contributed by atoms with Crippen molar-refractivity contribution in [2.45, 2.75) is 19.9 Å². The number of nitrogens with two attached hydrogens (primary N) is 1. The van der Waals surface area contributed by atoms with Crippen molar-refractivity contribution >= 4 is 0 Å². The number of hydrogen-bond acceptors (Lipinski definition) is 4. The van der Waals surface area contributed by atoms with Crippen molar-refractivity contribution in [2.75, 3.05) is 7.11 Å². The predicted octanol–water partition coefficient (Wildman–Crippen LogP) is 2.15. The molecule has 0 aliphatic rings. The van der Waals surface area contributed by atoms with Gasteiger partial charge in [0, 0.05) is 18.0 Å². The van der Waals surface area contributed by atoms with Crippen LogP contribution in [0.2, 0.25) is 0 Å². The lowest BCUT2D eigenvalue weighted by Gasteiger charge is -2.17. The van der Waals surface area contributed by atoms with Gasteiger partial charge < -0.3 is 10.5 Å². The molecule has 0 aliphatic heterocycles. The monoisotopic (exact) mass is 243 g/mol. The molecule has 0 amide bonds. The second kappa shape index (κ2) is 5.14. The maximum Gasteiger partial charge on any atom is 0.149 e. The maximum absolute atomic E-state index is 6.21. The largest absolute Gasteiger partial charge is 0.496 e. The molecule has 2 rings (SSSR count). The standard InChI is InChI=1S/C14H17N3O/c1-9-5-6-11(13(18-3)10(9)2)12(15)14-16-7-4-8-17-14/h4-8,12H,15H2,1-3H3. The Bertz CT molecular complexity index is 540. The lowest BCUT2D eigenvalue weighted by molar-refractivity contribution is 0.403. The van der Waals surface area contributed by atoms with Gasteiger partial charge in [-0.3, -0.25) is 0 Å². The van der Waals surface area contributed by atoms with Crippen LogP contribution in [0.4, 0.5) is 0 Å². The van der Waals surface area contributed by atoms with Gasteiger partial charge in [0.1, 0.15) is 11.6 Å². The van der Waals surface area contributed by atoms with E-state index in [1.807, 2.05) is 26.0 Å². The molecule has 94 valence electrons. The van der Waals surface area contributed by atoms with Gasteiger partial charge in [0.2, 0.25) is 0 Å². The van der Waals surface area contributed by atoms with E-state index in [0.717, 1.165) is 16.9 Å². The Morgan fingerprint density at radius 3 is 2.44 bits per heavy atom. The van der Waals surface area contributed by atoms with Crippen LogP contribution in [0.15, 0.2) is 30.6 Å². The van der Waals surface area contributed by atoms with E-state index < -0.39 is 0 Å². The number of rotatable bonds is 3. The summed E-state index contributed by atoms with van der Waals surface area (Å²) in [4.78, 5) is 8.38. The first-order valence-electron chi connectivity index (χ1n) is 5.81. The summed E-state index contributed by atoms with van der Waals surface area (Å²) in [5.74, 6) is 1.41. The third-order valence-corrected chi connectivity index (χ3v) is 3.11. The average molecular weight is 243 g/mol. The molecule has 0 spiro atoms. The van der Waals surface area contributed by atoms with Gasteiger partial charge in [-0.15, -0.1) is 0 Å². The van der Waals surface area contributed by atoms with Gasteiger partial charge in [-0.05, 0) is 31.0 Å². The number of ether oxygens (including phenoxy) is 1. The lowest BCUT2D eigenvalue weighted by Crippen LogP contribution is -2.16. The van der Waals surface area contributed by atoms with Gasteiger partial charge in [-0.1, -0.05) is 12.1 Å². The predicted molar refractivity (Wildman–Crippen MR) is 70.5 cm³/mol. The third-order valence-electron chi connectivity index (χ3n) is 3.11. The maximum atomic E-state index is 6.21. The van der Waals surface area contributed by atoms with Crippen molar-refractivity contribution < 1.29 is 4.74 Å². The Hall–Kier alpha value is -1.94. The molecule has 2 N–H and O–H groups in total. The smallest absolute Gasteiger partial charge is 0.149 e. The molecule has 1 heterocycles. The molecule has 18 heavy (non-hydrogen) atoms. The van der Waals surface area contributed by atoms with E-state index in [1.165, 1.54) is 5.56 Å². The van der Waals surface area contributed by atoms with E-state index in [2.05, 4.69) is 9.97 Å². The van der Waals surface area contributed by atoms with Crippen molar-refractivity contribution in [3.8, 4) is 5.75 Å². The summed E-state index contributed by atoms with van der Waals surface area (Å²) in [5.41, 5.74) is 9.39. The summed E-state index contributed by atoms with van der Waals surface area (Å²) in [5, 5.41) is 0. The fraction of sp³-hybridized carbons (Fsp3) is 0.286. The highest BCUT2D eigenvalue weighted by Gasteiger charge is 2.18. The van der Waals surface area contributed by atoms with Crippen LogP contribution in [0.3, 0.4) is 0 Å². The fourth-order valence-electron chi connectivity index (χ4n) is 1.94. The first-order chi connectivity index (χ1) is 8.65. The van der Waals surface area contributed by atoms with E-state index in [0.29, 0.717) is 5.82 Å². The highest BCUT2D eigenvalue weighted by molar-refractivity contribution is 5.48. The van der Waals surface area contributed by atoms with Gasteiger partial charge in [0.25, 0.3) is 0 Å². The van der Waals surface area contributed by atoms with E-state index in [-0.39, 0.29) is 6.04 Å². The van der Waals surface area contributed by atoms with Gasteiger partial charge in [-0.25, -0.2) is 9.97 Å². The highest BCUT2D eigenvalue weighted by Crippen LogP contribution is 2.31. The molecule has 0 bridgehead atoms. The van der Waals surface area contributed by atoms with Crippen molar-refractivity contribution in [3.05, 3.63) is 53.1 Å². The minimum absolute atomic E-state index is 0.375. The molecule has 4 nitrogen and oxygen atoms in total. The van der Waals surface area contributed by atoms with Crippen LogP contribution >= 0.6 is 0 Å². The van der Waals surface area contributed by atoms with E-state index in [9.17, 15) is 0 Å². The number of nitrogens with zero attached hydrogens (tertiary/aromatic N) is 2. The molecular weight excluding hydrogens is 226 g/mol. The van der Waals surface area contributed by atoms with Crippen molar-refractivity contribution in [2.24, 2.45) is 5.73 Å². The van der Waals surface area contributed by atoms with Crippen LogP contribution < -0.4 is 10.5 Å². The zero-order valence-corrected chi connectivity index (χ0v) is 10.8. The lowest BCUT2D eigenvalue weighted by atomic mass is 9.99. The molecule has 4 heteroatoms. The number of methoxy groups -OCH3 is 1. The number of aryl methyl sites for hydroxylation is 1. The van der Waals surface area contributed by atoms with E-state index in [4.69, 9.17) is 10.5 Å². The summed E-state index contributed by atoms with van der Waals surface area (Å²) < 4.78 is 5.46. The van der Waals surface area contributed by atoms with Gasteiger partial charge >= 0.3 is 0 Å². The van der Waals surface area contributed by atoms with E-state index in [1.54, 1.807) is 25.6 Å². The Kier molecular flexibility index (Phi) is 3.58. The number of aromatic nitrogens is 2. The topological polar surface area (TPSA) is 61.0 Å². The molecule has 0 aliphatic carbocycles. The van der Waals surface area contributed by atoms with Crippen LogP contribution in [0.25, 0.3) is 0 Å². The number of hydrogen-bond donors (Lipinski definition) is 1. The summed E-state index contributed by atoms with van der Waals surface area (Å²) in [6.45, 7) is 4.07.